The molecule has 4 rings (SSSR count). The van der Waals surface area contributed by atoms with Gasteiger partial charge in [-0.3, -0.25) is 10.4 Å². The van der Waals surface area contributed by atoms with E-state index in [4.69, 9.17) is 4.74 Å². The number of hydrogen-bond acceptors (Lipinski definition) is 6. The Balaban J connectivity index is 1.87. The van der Waals surface area contributed by atoms with Gasteiger partial charge >= 0.3 is 5.97 Å². The van der Waals surface area contributed by atoms with Crippen LogP contribution in [0.3, 0.4) is 0 Å². The van der Waals surface area contributed by atoms with E-state index >= 15 is 0 Å². The number of benzene rings is 2. The van der Waals surface area contributed by atoms with E-state index in [1.165, 1.54) is 7.11 Å². The van der Waals surface area contributed by atoms with Crippen molar-refractivity contribution in [3.8, 4) is 5.69 Å². The van der Waals surface area contributed by atoms with Gasteiger partial charge in [-0.1, -0.05) is 36.4 Å². The van der Waals surface area contributed by atoms with Gasteiger partial charge in [0.1, 0.15) is 5.69 Å². The van der Waals surface area contributed by atoms with Gasteiger partial charge in [0.15, 0.2) is 0 Å². The number of aryl methyl sites for hydroxylation is 1. The second-order valence-corrected chi connectivity index (χ2v) is 6.11. The van der Waals surface area contributed by atoms with E-state index in [0.29, 0.717) is 12.2 Å². The minimum atomic E-state index is -0.532. The summed E-state index contributed by atoms with van der Waals surface area (Å²) in [4.78, 5) is 16.8. The zero-order valence-electron chi connectivity index (χ0n) is 15.1. The molecule has 0 bridgehead atoms. The van der Waals surface area contributed by atoms with E-state index < -0.39 is 5.97 Å². The van der Waals surface area contributed by atoms with Crippen molar-refractivity contribution < 1.29 is 9.53 Å². The standard InChI is InChI=1S/C20H19N5O2/c1-14-18-17(25(22-14)16-11-7-4-8-12-16)13-24(15-9-5-3-6-10-15)23-19(21-18)20(26)27-2/h3-12H,13H2,1-2H3,(H,21,23). The van der Waals surface area contributed by atoms with Gasteiger partial charge in [-0.2, -0.15) is 5.10 Å². The summed E-state index contributed by atoms with van der Waals surface area (Å²) in [5.74, 6) is -0.411. The first-order valence-electron chi connectivity index (χ1n) is 8.57. The molecule has 1 aromatic heterocycles. The summed E-state index contributed by atoms with van der Waals surface area (Å²) in [5, 5.41) is 6.52. The number of para-hydroxylation sites is 2. The van der Waals surface area contributed by atoms with Crippen molar-refractivity contribution in [3.05, 3.63) is 72.1 Å². The first-order chi connectivity index (χ1) is 13.2. The monoisotopic (exact) mass is 361 g/mol. The molecule has 7 heteroatoms. The highest BCUT2D eigenvalue weighted by molar-refractivity contribution is 6.36. The minimum absolute atomic E-state index is 0.121. The minimum Gasteiger partial charge on any atom is -0.463 e. The van der Waals surface area contributed by atoms with Crippen LogP contribution in [0.1, 0.15) is 11.4 Å². The molecule has 136 valence electrons. The lowest BCUT2D eigenvalue weighted by atomic mass is 10.2. The Kier molecular flexibility index (Phi) is 4.33. The number of esters is 1. The van der Waals surface area contributed by atoms with Crippen LogP contribution in [-0.2, 0) is 16.1 Å². The molecule has 0 saturated carbocycles. The van der Waals surface area contributed by atoms with Crippen molar-refractivity contribution in [3.63, 3.8) is 0 Å². The number of aliphatic imine (C=N–C) groups is 1. The maximum absolute atomic E-state index is 12.2. The van der Waals surface area contributed by atoms with Gasteiger partial charge in [-0.05, 0) is 31.2 Å². The Morgan fingerprint density at radius 2 is 1.67 bits per heavy atom. The van der Waals surface area contributed by atoms with Gasteiger partial charge in [-0.15, -0.1) is 0 Å². The van der Waals surface area contributed by atoms with Crippen molar-refractivity contribution in [1.82, 2.24) is 15.2 Å². The molecule has 1 N–H and O–H groups in total. The molecule has 27 heavy (non-hydrogen) atoms. The number of carbonyl (C=O) groups excluding carboxylic acids is 1. The van der Waals surface area contributed by atoms with Gasteiger partial charge < -0.3 is 4.74 Å². The fraction of sp³-hybridized carbons (Fsp3) is 0.150. The van der Waals surface area contributed by atoms with Crippen LogP contribution in [0.5, 0.6) is 0 Å². The average Bonchev–Trinajstić information content (AvgIpc) is 2.90. The number of nitrogens with one attached hydrogen (secondary N) is 1. The summed E-state index contributed by atoms with van der Waals surface area (Å²) >= 11 is 0. The van der Waals surface area contributed by atoms with E-state index in [-0.39, 0.29) is 5.84 Å². The van der Waals surface area contributed by atoms with Crippen LogP contribution in [0.15, 0.2) is 65.7 Å². The lowest BCUT2D eigenvalue weighted by molar-refractivity contribution is -0.133. The largest absolute Gasteiger partial charge is 0.463 e. The fourth-order valence-corrected chi connectivity index (χ4v) is 3.04. The predicted octanol–water partition coefficient (Wildman–Crippen LogP) is 2.91. The molecular weight excluding hydrogens is 342 g/mol. The summed E-state index contributed by atoms with van der Waals surface area (Å²) in [7, 11) is 1.34. The Morgan fingerprint density at radius 1 is 1.04 bits per heavy atom. The lowest BCUT2D eigenvalue weighted by Crippen LogP contribution is -2.45. The summed E-state index contributed by atoms with van der Waals surface area (Å²) in [6.45, 7) is 2.36. The predicted molar refractivity (Wildman–Crippen MR) is 103 cm³/mol. The number of carbonyl (C=O) groups is 1. The number of aromatic nitrogens is 2. The zero-order valence-corrected chi connectivity index (χ0v) is 15.1. The van der Waals surface area contributed by atoms with Crippen LogP contribution in [0.2, 0.25) is 0 Å². The number of methoxy groups -OCH3 is 1. The number of amidine groups is 1. The lowest BCUT2D eigenvalue weighted by Gasteiger charge is -2.24. The maximum atomic E-state index is 12.2. The van der Waals surface area contributed by atoms with Crippen LogP contribution < -0.4 is 10.4 Å². The Bertz CT molecular complexity index is 996. The second-order valence-electron chi connectivity index (χ2n) is 6.11. The molecule has 0 fully saturated rings. The third-order valence-corrected chi connectivity index (χ3v) is 4.34. The molecule has 3 aromatic rings. The van der Waals surface area contributed by atoms with Gasteiger partial charge in [0.05, 0.1) is 36.4 Å². The fourth-order valence-electron chi connectivity index (χ4n) is 3.04. The third kappa shape index (κ3) is 3.15. The summed E-state index contributed by atoms with van der Waals surface area (Å²) in [6, 6.07) is 19.6. The summed E-state index contributed by atoms with van der Waals surface area (Å²) in [6.07, 6.45) is 0. The van der Waals surface area contributed by atoms with Crippen LogP contribution in [0.4, 0.5) is 11.4 Å². The number of anilines is 1. The number of hydrogen-bond donors (Lipinski definition) is 1. The Hall–Kier alpha value is -3.61. The summed E-state index contributed by atoms with van der Waals surface area (Å²) in [5.41, 5.74) is 7.23. The van der Waals surface area contributed by atoms with Crippen LogP contribution in [0.25, 0.3) is 5.69 Å². The number of fused-ring (bicyclic) bond motifs is 1. The first-order valence-corrected chi connectivity index (χ1v) is 8.57. The number of nitrogens with zero attached hydrogens (tertiary/aromatic N) is 4. The number of ether oxygens (including phenoxy) is 1. The molecule has 0 unspecified atom stereocenters. The number of rotatable bonds is 3. The molecule has 7 nitrogen and oxygen atoms in total. The molecule has 1 aliphatic rings. The van der Waals surface area contributed by atoms with Crippen LogP contribution >= 0.6 is 0 Å². The Morgan fingerprint density at radius 3 is 2.30 bits per heavy atom. The smallest absolute Gasteiger partial charge is 0.375 e. The van der Waals surface area contributed by atoms with Crippen molar-refractivity contribution >= 4 is 23.2 Å². The van der Waals surface area contributed by atoms with Crippen LogP contribution in [0, 0.1) is 6.92 Å². The highest BCUT2D eigenvalue weighted by Crippen LogP contribution is 2.30. The molecule has 0 saturated heterocycles. The highest BCUT2D eigenvalue weighted by Gasteiger charge is 2.27. The first kappa shape index (κ1) is 16.8. The van der Waals surface area contributed by atoms with Gasteiger partial charge in [-0.25, -0.2) is 14.5 Å². The molecule has 0 radical (unpaired) electrons. The molecule has 0 spiro atoms. The highest BCUT2D eigenvalue weighted by atomic mass is 16.5. The van der Waals surface area contributed by atoms with Gasteiger partial charge in [0, 0.05) is 0 Å². The summed E-state index contributed by atoms with van der Waals surface area (Å²) < 4.78 is 6.76. The van der Waals surface area contributed by atoms with Gasteiger partial charge in [0.25, 0.3) is 0 Å². The van der Waals surface area contributed by atoms with Crippen molar-refractivity contribution in [2.45, 2.75) is 13.5 Å². The molecular formula is C20H19N5O2. The topological polar surface area (TPSA) is 71.8 Å². The molecule has 0 aliphatic carbocycles. The number of hydrazine groups is 1. The van der Waals surface area contributed by atoms with E-state index in [9.17, 15) is 4.79 Å². The Labute approximate surface area is 156 Å². The molecule has 2 heterocycles. The second kappa shape index (κ2) is 6.95. The van der Waals surface area contributed by atoms with Crippen molar-refractivity contribution in [1.29, 1.82) is 0 Å². The van der Waals surface area contributed by atoms with E-state index in [2.05, 4.69) is 15.5 Å². The van der Waals surface area contributed by atoms with E-state index in [1.807, 2.05) is 77.3 Å². The van der Waals surface area contributed by atoms with Crippen LogP contribution in [-0.4, -0.2) is 28.7 Å². The normalized spacial score (nSPS) is 13.3. The zero-order chi connectivity index (χ0) is 18.8. The van der Waals surface area contributed by atoms with Crippen molar-refractivity contribution in [2.75, 3.05) is 12.1 Å². The van der Waals surface area contributed by atoms with E-state index in [1.54, 1.807) is 0 Å². The van der Waals surface area contributed by atoms with Crippen molar-refractivity contribution in [2.24, 2.45) is 4.99 Å². The third-order valence-electron chi connectivity index (χ3n) is 4.34. The molecule has 0 amide bonds. The van der Waals surface area contributed by atoms with E-state index in [0.717, 1.165) is 22.8 Å². The maximum Gasteiger partial charge on any atom is 0.375 e. The molecule has 2 aromatic carbocycles. The quantitative estimate of drug-likeness (QED) is 0.726. The van der Waals surface area contributed by atoms with Gasteiger partial charge in [0.2, 0.25) is 5.84 Å². The molecule has 1 aliphatic heterocycles. The molecule has 0 atom stereocenters. The average molecular weight is 361 g/mol. The SMILES string of the molecule is COC(=O)C1=Nc2c(C)nn(-c3ccccc3)c2CN(c2ccccc2)N1.